The summed E-state index contributed by atoms with van der Waals surface area (Å²) < 4.78 is 0. The number of aliphatic hydroxyl groups is 1. The predicted octanol–water partition coefficient (Wildman–Crippen LogP) is 3.51. The molecule has 0 radical (unpaired) electrons. The van der Waals surface area contributed by atoms with Crippen LogP contribution in [-0.2, 0) is 0 Å². The molecule has 6 nitrogen and oxygen atoms in total. The quantitative estimate of drug-likeness (QED) is 0.295. The summed E-state index contributed by atoms with van der Waals surface area (Å²) >= 11 is 0. The van der Waals surface area contributed by atoms with Crippen molar-refractivity contribution < 1.29 is 5.11 Å². The van der Waals surface area contributed by atoms with Crippen LogP contribution in [0.2, 0.25) is 0 Å². The molecule has 1 fully saturated rings. The first-order valence-electron chi connectivity index (χ1n) is 10.6. The van der Waals surface area contributed by atoms with Gasteiger partial charge in [0.25, 0.3) is 0 Å². The zero-order valence-corrected chi connectivity index (χ0v) is 20.2. The van der Waals surface area contributed by atoms with Crippen molar-refractivity contribution in [3.8, 4) is 0 Å². The van der Waals surface area contributed by atoms with Crippen molar-refractivity contribution in [2.45, 2.75) is 44.9 Å². The van der Waals surface area contributed by atoms with Crippen molar-refractivity contribution in [1.82, 2.24) is 20.5 Å². The zero-order chi connectivity index (χ0) is 20.5. The predicted molar refractivity (Wildman–Crippen MR) is 133 cm³/mol. The van der Waals surface area contributed by atoms with Gasteiger partial charge in [-0.15, -0.1) is 24.0 Å². The van der Waals surface area contributed by atoms with E-state index in [9.17, 15) is 5.11 Å². The van der Waals surface area contributed by atoms with Gasteiger partial charge in [0.1, 0.15) is 0 Å². The lowest BCUT2D eigenvalue weighted by molar-refractivity contribution is 0.158. The fourth-order valence-electron chi connectivity index (χ4n) is 3.76. The number of likely N-dealkylation sites (tertiary alicyclic amines) is 1. The fourth-order valence-corrected chi connectivity index (χ4v) is 3.76. The third kappa shape index (κ3) is 7.21. The second-order valence-corrected chi connectivity index (χ2v) is 7.56. The van der Waals surface area contributed by atoms with Crippen LogP contribution in [0.3, 0.4) is 0 Å². The summed E-state index contributed by atoms with van der Waals surface area (Å²) in [5, 5.41) is 17.2. The third-order valence-corrected chi connectivity index (χ3v) is 5.56. The van der Waals surface area contributed by atoms with Crippen LogP contribution >= 0.6 is 24.0 Å². The van der Waals surface area contributed by atoms with Crippen LogP contribution in [0.25, 0.3) is 0 Å². The summed E-state index contributed by atoms with van der Waals surface area (Å²) in [5.74, 6) is 0.773. The number of rotatable bonds is 7. The Morgan fingerprint density at radius 2 is 1.80 bits per heavy atom. The van der Waals surface area contributed by atoms with Gasteiger partial charge >= 0.3 is 0 Å². The van der Waals surface area contributed by atoms with E-state index in [0.717, 1.165) is 44.0 Å². The number of aliphatic hydroxyl groups excluding tert-OH is 1. The molecule has 0 bridgehead atoms. The highest BCUT2D eigenvalue weighted by Gasteiger charge is 2.24. The van der Waals surface area contributed by atoms with E-state index in [-0.39, 0.29) is 24.0 Å². The molecular weight excluding hydrogens is 489 g/mol. The van der Waals surface area contributed by atoms with Gasteiger partial charge in [0.05, 0.1) is 12.6 Å². The van der Waals surface area contributed by atoms with E-state index < -0.39 is 6.10 Å². The maximum Gasteiger partial charge on any atom is 0.191 e. The Bertz CT molecular complexity index is 751. The van der Waals surface area contributed by atoms with E-state index in [0.29, 0.717) is 18.6 Å². The summed E-state index contributed by atoms with van der Waals surface area (Å²) in [6, 6.07) is 15.2. The van der Waals surface area contributed by atoms with Gasteiger partial charge in [-0.25, -0.2) is 0 Å². The van der Waals surface area contributed by atoms with Gasteiger partial charge in [-0.3, -0.25) is 14.9 Å². The van der Waals surface area contributed by atoms with E-state index in [1.165, 1.54) is 5.56 Å². The molecule has 0 spiro atoms. The van der Waals surface area contributed by atoms with E-state index in [2.05, 4.69) is 69.7 Å². The molecule has 1 aliphatic rings. The molecule has 0 amide bonds. The maximum absolute atomic E-state index is 10.4. The van der Waals surface area contributed by atoms with Crippen LogP contribution < -0.4 is 10.6 Å². The minimum atomic E-state index is -0.623. The Morgan fingerprint density at radius 1 is 1.13 bits per heavy atom. The molecule has 30 heavy (non-hydrogen) atoms. The molecular formula is C23H34IN5O. The molecule has 2 heterocycles. The second-order valence-electron chi connectivity index (χ2n) is 7.56. The van der Waals surface area contributed by atoms with Gasteiger partial charge in [0.2, 0.25) is 0 Å². The number of halogens is 1. The summed E-state index contributed by atoms with van der Waals surface area (Å²) in [5.41, 5.74) is 2.21. The smallest absolute Gasteiger partial charge is 0.191 e. The normalized spacial score (nSPS) is 17.6. The largest absolute Gasteiger partial charge is 0.386 e. The standard InChI is InChI=1S/C23H33N5O.HI/c1-3-25-23(26-17-22(29)20-9-13-24-14-10-20)27-21-11-15-28(16-12-21)18(2)19-7-5-4-6-8-19;/h4-10,13-14,18,21-22,29H,3,11-12,15-17H2,1-2H3,(H2,25,26,27);1H. The number of pyridine rings is 1. The average molecular weight is 523 g/mol. The van der Waals surface area contributed by atoms with Crippen molar-refractivity contribution >= 4 is 29.9 Å². The molecule has 7 heteroatoms. The van der Waals surface area contributed by atoms with Crippen LogP contribution in [-0.4, -0.2) is 53.2 Å². The number of nitrogens with one attached hydrogen (secondary N) is 2. The third-order valence-electron chi connectivity index (χ3n) is 5.56. The molecule has 2 atom stereocenters. The van der Waals surface area contributed by atoms with Gasteiger partial charge in [0, 0.05) is 44.1 Å². The number of nitrogens with zero attached hydrogens (tertiary/aromatic N) is 3. The SMILES string of the molecule is CCNC(=NCC(O)c1ccncc1)NC1CCN(C(C)c2ccccc2)CC1.I. The minimum Gasteiger partial charge on any atom is -0.386 e. The van der Waals surface area contributed by atoms with Crippen molar-refractivity contribution in [2.24, 2.45) is 4.99 Å². The van der Waals surface area contributed by atoms with Crippen molar-refractivity contribution in [1.29, 1.82) is 0 Å². The summed E-state index contributed by atoms with van der Waals surface area (Å²) in [6.45, 7) is 7.58. The zero-order valence-electron chi connectivity index (χ0n) is 17.9. The van der Waals surface area contributed by atoms with Crippen LogP contribution in [0, 0.1) is 0 Å². The van der Waals surface area contributed by atoms with E-state index in [1.54, 1.807) is 12.4 Å². The molecule has 2 aromatic rings. The molecule has 2 unspecified atom stereocenters. The highest BCUT2D eigenvalue weighted by Crippen LogP contribution is 2.24. The summed E-state index contributed by atoms with van der Waals surface area (Å²) in [4.78, 5) is 11.1. The van der Waals surface area contributed by atoms with Crippen molar-refractivity contribution in [3.63, 3.8) is 0 Å². The number of aliphatic imine (C=N–C) groups is 1. The van der Waals surface area contributed by atoms with E-state index in [1.807, 2.05) is 12.1 Å². The van der Waals surface area contributed by atoms with Gasteiger partial charge in [-0.2, -0.15) is 0 Å². The highest BCUT2D eigenvalue weighted by atomic mass is 127. The van der Waals surface area contributed by atoms with Gasteiger partial charge in [0.15, 0.2) is 5.96 Å². The Hall–Kier alpha value is -1.71. The maximum atomic E-state index is 10.4. The lowest BCUT2D eigenvalue weighted by atomic mass is 10.0. The molecule has 3 N–H and O–H groups in total. The van der Waals surface area contributed by atoms with Gasteiger partial charge in [-0.05, 0) is 49.9 Å². The lowest BCUT2D eigenvalue weighted by Crippen LogP contribution is -2.49. The number of hydrogen-bond acceptors (Lipinski definition) is 4. The first-order chi connectivity index (χ1) is 14.2. The Labute approximate surface area is 197 Å². The van der Waals surface area contributed by atoms with Crippen molar-refractivity contribution in [2.75, 3.05) is 26.2 Å². The second kappa shape index (κ2) is 12.9. The molecule has 1 aliphatic heterocycles. The number of aromatic nitrogens is 1. The van der Waals surface area contributed by atoms with Gasteiger partial charge < -0.3 is 15.7 Å². The van der Waals surface area contributed by atoms with Crippen LogP contribution in [0.15, 0.2) is 59.9 Å². The summed E-state index contributed by atoms with van der Waals surface area (Å²) in [7, 11) is 0. The van der Waals surface area contributed by atoms with Crippen LogP contribution in [0.4, 0.5) is 0 Å². The summed E-state index contributed by atoms with van der Waals surface area (Å²) in [6.07, 6.45) is 4.91. The molecule has 3 rings (SSSR count). The Balaban J connectivity index is 0.00000320. The average Bonchev–Trinajstić information content (AvgIpc) is 2.78. The molecule has 1 aromatic heterocycles. The molecule has 164 valence electrons. The van der Waals surface area contributed by atoms with E-state index in [4.69, 9.17) is 0 Å². The first kappa shape index (κ1) is 24.6. The monoisotopic (exact) mass is 523 g/mol. The number of hydrogen-bond donors (Lipinski definition) is 3. The molecule has 0 aliphatic carbocycles. The first-order valence-corrected chi connectivity index (χ1v) is 10.6. The number of benzene rings is 1. The molecule has 1 saturated heterocycles. The topological polar surface area (TPSA) is 72.8 Å². The molecule has 0 saturated carbocycles. The van der Waals surface area contributed by atoms with Crippen LogP contribution in [0.5, 0.6) is 0 Å². The Kier molecular flexibility index (Phi) is 10.5. The number of guanidine groups is 1. The van der Waals surface area contributed by atoms with Crippen LogP contribution in [0.1, 0.15) is 50.0 Å². The minimum absolute atomic E-state index is 0. The Morgan fingerprint density at radius 3 is 2.43 bits per heavy atom. The lowest BCUT2D eigenvalue weighted by Gasteiger charge is -2.37. The van der Waals surface area contributed by atoms with Gasteiger partial charge in [-0.1, -0.05) is 30.3 Å². The number of piperidine rings is 1. The fraction of sp³-hybridized carbons (Fsp3) is 0.478. The highest BCUT2D eigenvalue weighted by molar-refractivity contribution is 14.0. The van der Waals surface area contributed by atoms with Crippen molar-refractivity contribution in [3.05, 3.63) is 66.0 Å². The molecule has 1 aromatic carbocycles. The van der Waals surface area contributed by atoms with E-state index >= 15 is 0 Å².